The average molecular weight is 349 g/mol. The van der Waals surface area contributed by atoms with Gasteiger partial charge in [-0.15, -0.1) is 11.3 Å². The first-order valence-electron chi connectivity index (χ1n) is 8.04. The molecule has 3 fully saturated rings. The molecule has 126 valence electrons. The van der Waals surface area contributed by atoms with E-state index in [4.69, 9.17) is 0 Å². The molecule has 4 heterocycles. The lowest BCUT2D eigenvalue weighted by atomic mass is 9.84. The van der Waals surface area contributed by atoms with Crippen LogP contribution in [0.15, 0.2) is 24.4 Å². The normalized spacial score (nSPS) is 25.7. The Labute approximate surface area is 142 Å². The van der Waals surface area contributed by atoms with Gasteiger partial charge < -0.3 is 10.2 Å². The highest BCUT2D eigenvalue weighted by atomic mass is 32.1. The van der Waals surface area contributed by atoms with Crippen molar-refractivity contribution < 1.29 is 13.6 Å². The number of nitrogens with one attached hydrogen (secondary N) is 1. The SMILES string of the molecule is O=C(NC1CN2CCC1CC2)c1cnc(-c2cc(F)ccc2F)s1. The number of hydrogen-bond acceptors (Lipinski definition) is 4. The summed E-state index contributed by atoms with van der Waals surface area (Å²) in [5.74, 6) is -0.726. The summed E-state index contributed by atoms with van der Waals surface area (Å²) in [4.78, 5) is 19.3. The van der Waals surface area contributed by atoms with E-state index in [-0.39, 0.29) is 17.5 Å². The summed E-state index contributed by atoms with van der Waals surface area (Å²) in [5, 5.41) is 3.39. The number of piperidine rings is 3. The second-order valence-corrected chi connectivity index (χ2v) is 7.40. The molecule has 0 radical (unpaired) electrons. The minimum Gasteiger partial charge on any atom is -0.347 e. The van der Waals surface area contributed by atoms with Crippen molar-refractivity contribution in [3.05, 3.63) is 40.9 Å². The van der Waals surface area contributed by atoms with Crippen LogP contribution in [0.2, 0.25) is 0 Å². The fraction of sp³-hybridized carbons (Fsp3) is 0.412. The molecule has 4 nitrogen and oxygen atoms in total. The average Bonchev–Trinajstić information content (AvgIpc) is 3.08. The number of nitrogens with zero attached hydrogens (tertiary/aromatic N) is 2. The van der Waals surface area contributed by atoms with E-state index in [1.807, 2.05) is 0 Å². The van der Waals surface area contributed by atoms with Crippen LogP contribution in [0.3, 0.4) is 0 Å². The summed E-state index contributed by atoms with van der Waals surface area (Å²) in [6.07, 6.45) is 3.67. The Hall–Kier alpha value is -1.86. The van der Waals surface area contributed by atoms with Crippen LogP contribution in [-0.2, 0) is 0 Å². The highest BCUT2D eigenvalue weighted by Crippen LogP contribution is 2.30. The zero-order valence-corrected chi connectivity index (χ0v) is 13.8. The van der Waals surface area contributed by atoms with Crippen LogP contribution in [0.25, 0.3) is 10.6 Å². The van der Waals surface area contributed by atoms with Crippen LogP contribution < -0.4 is 5.32 Å². The van der Waals surface area contributed by atoms with Crippen molar-refractivity contribution >= 4 is 17.2 Å². The van der Waals surface area contributed by atoms with Gasteiger partial charge in [-0.25, -0.2) is 13.8 Å². The minimum absolute atomic E-state index is 0.0851. The molecule has 1 amide bonds. The van der Waals surface area contributed by atoms with Gasteiger partial charge >= 0.3 is 0 Å². The van der Waals surface area contributed by atoms with Crippen molar-refractivity contribution in [1.29, 1.82) is 0 Å². The topological polar surface area (TPSA) is 45.2 Å². The summed E-state index contributed by atoms with van der Waals surface area (Å²) >= 11 is 1.08. The van der Waals surface area contributed by atoms with E-state index in [9.17, 15) is 13.6 Å². The molecule has 0 aliphatic carbocycles. The molecule has 3 aliphatic heterocycles. The zero-order valence-electron chi connectivity index (χ0n) is 13.0. The van der Waals surface area contributed by atoms with Gasteiger partial charge in [0.05, 0.1) is 6.20 Å². The standard InChI is InChI=1S/C17H17F2N3OS/c18-11-1-2-13(19)12(7-11)17-20-8-15(24-17)16(23)21-14-9-22-5-3-10(14)4-6-22/h1-2,7-8,10,14H,3-6,9H2,(H,21,23). The number of amides is 1. The lowest BCUT2D eigenvalue weighted by Gasteiger charge is -2.44. The second-order valence-electron chi connectivity index (χ2n) is 6.37. The van der Waals surface area contributed by atoms with Gasteiger partial charge in [0.2, 0.25) is 0 Å². The number of benzene rings is 1. The number of hydrogen-bond donors (Lipinski definition) is 1. The number of fused-ring (bicyclic) bond motifs is 3. The fourth-order valence-corrected chi connectivity index (χ4v) is 4.37. The van der Waals surface area contributed by atoms with Gasteiger partial charge in [-0.3, -0.25) is 4.79 Å². The molecule has 7 heteroatoms. The summed E-state index contributed by atoms with van der Waals surface area (Å²) in [6.45, 7) is 3.11. The maximum atomic E-state index is 13.8. The van der Waals surface area contributed by atoms with Crippen LogP contribution in [0.1, 0.15) is 22.5 Å². The van der Waals surface area contributed by atoms with E-state index in [0.29, 0.717) is 15.8 Å². The van der Waals surface area contributed by atoms with Gasteiger partial charge in [-0.05, 0) is 50.0 Å². The molecule has 24 heavy (non-hydrogen) atoms. The van der Waals surface area contributed by atoms with Gasteiger partial charge in [0.1, 0.15) is 21.5 Å². The van der Waals surface area contributed by atoms with Gasteiger partial charge in [-0.2, -0.15) is 0 Å². The molecular weight excluding hydrogens is 332 g/mol. The van der Waals surface area contributed by atoms with Crippen molar-refractivity contribution in [2.45, 2.75) is 18.9 Å². The first-order chi connectivity index (χ1) is 11.6. The summed E-state index contributed by atoms with van der Waals surface area (Å²) < 4.78 is 27.2. The summed E-state index contributed by atoms with van der Waals surface area (Å²) in [5.41, 5.74) is 0.0851. The third-order valence-corrected chi connectivity index (χ3v) is 5.89. The number of carbonyl (C=O) groups excluding carboxylic acids is 1. The Morgan fingerprint density at radius 2 is 2.08 bits per heavy atom. The third kappa shape index (κ3) is 2.93. The van der Waals surface area contributed by atoms with E-state index >= 15 is 0 Å². The number of carbonyl (C=O) groups is 1. The molecule has 5 rings (SSSR count). The highest BCUT2D eigenvalue weighted by Gasteiger charge is 2.35. The molecule has 1 aromatic carbocycles. The molecule has 1 unspecified atom stereocenters. The van der Waals surface area contributed by atoms with Crippen molar-refractivity contribution in [2.24, 2.45) is 5.92 Å². The van der Waals surface area contributed by atoms with E-state index in [2.05, 4.69) is 15.2 Å². The highest BCUT2D eigenvalue weighted by molar-refractivity contribution is 7.16. The Morgan fingerprint density at radius 1 is 1.29 bits per heavy atom. The quantitative estimate of drug-likeness (QED) is 0.927. The predicted octanol–water partition coefficient (Wildman–Crippen LogP) is 2.91. The smallest absolute Gasteiger partial charge is 0.263 e. The fourth-order valence-electron chi connectivity index (χ4n) is 3.53. The Morgan fingerprint density at radius 3 is 2.79 bits per heavy atom. The van der Waals surface area contributed by atoms with Crippen molar-refractivity contribution in [2.75, 3.05) is 19.6 Å². The molecule has 1 atom stereocenters. The third-order valence-electron chi connectivity index (χ3n) is 4.86. The van der Waals surface area contributed by atoms with Crippen LogP contribution >= 0.6 is 11.3 Å². The van der Waals surface area contributed by atoms with Gasteiger partial charge in [0.25, 0.3) is 5.91 Å². The largest absolute Gasteiger partial charge is 0.347 e. The molecule has 1 aromatic heterocycles. The zero-order chi connectivity index (χ0) is 16.7. The first-order valence-corrected chi connectivity index (χ1v) is 8.86. The van der Waals surface area contributed by atoms with Crippen molar-refractivity contribution in [3.8, 4) is 10.6 Å². The van der Waals surface area contributed by atoms with Crippen LogP contribution in [0.4, 0.5) is 8.78 Å². The molecule has 2 aromatic rings. The molecule has 3 aliphatic rings. The Balaban J connectivity index is 1.50. The monoisotopic (exact) mass is 349 g/mol. The molecule has 0 spiro atoms. The summed E-state index contributed by atoms with van der Waals surface area (Å²) in [7, 11) is 0. The predicted molar refractivity (Wildman–Crippen MR) is 87.9 cm³/mol. The van der Waals surface area contributed by atoms with E-state index in [1.165, 1.54) is 6.20 Å². The van der Waals surface area contributed by atoms with Crippen molar-refractivity contribution in [1.82, 2.24) is 15.2 Å². The van der Waals surface area contributed by atoms with E-state index in [1.54, 1.807) is 0 Å². The minimum atomic E-state index is -0.546. The Kier molecular flexibility index (Phi) is 4.05. The van der Waals surface area contributed by atoms with Gasteiger partial charge in [0.15, 0.2) is 0 Å². The van der Waals surface area contributed by atoms with Crippen LogP contribution in [0, 0.1) is 17.6 Å². The maximum absolute atomic E-state index is 13.8. The van der Waals surface area contributed by atoms with E-state index < -0.39 is 11.6 Å². The van der Waals surface area contributed by atoms with Crippen molar-refractivity contribution in [3.63, 3.8) is 0 Å². The molecule has 2 bridgehead atoms. The van der Waals surface area contributed by atoms with E-state index in [0.717, 1.165) is 62.0 Å². The number of halogens is 2. The van der Waals surface area contributed by atoms with Gasteiger partial charge in [-0.1, -0.05) is 0 Å². The lowest BCUT2D eigenvalue weighted by Crippen LogP contribution is -2.57. The number of aromatic nitrogens is 1. The lowest BCUT2D eigenvalue weighted by molar-refractivity contribution is 0.0622. The first kappa shape index (κ1) is 15.7. The number of thiazole rings is 1. The van der Waals surface area contributed by atoms with Crippen LogP contribution in [-0.4, -0.2) is 41.5 Å². The molecule has 0 saturated carbocycles. The van der Waals surface area contributed by atoms with Gasteiger partial charge in [0, 0.05) is 18.2 Å². The molecule has 3 saturated heterocycles. The van der Waals surface area contributed by atoms with Crippen LogP contribution in [0.5, 0.6) is 0 Å². The molecule has 1 N–H and O–H groups in total. The summed E-state index contributed by atoms with van der Waals surface area (Å²) in [6, 6.07) is 3.40. The number of rotatable bonds is 3. The molecular formula is C17H17F2N3OS. The maximum Gasteiger partial charge on any atom is 0.263 e. The second kappa shape index (κ2) is 6.22. The Bertz CT molecular complexity index is 771.